The number of aromatic nitrogens is 4. The van der Waals surface area contributed by atoms with Gasteiger partial charge in [0.25, 0.3) is 5.91 Å². The van der Waals surface area contributed by atoms with E-state index in [2.05, 4.69) is 25.8 Å². The Morgan fingerprint density at radius 3 is 2.44 bits per heavy atom. The molecule has 13 heteroatoms. The molecule has 0 atom stereocenters. The minimum absolute atomic E-state index is 0.0492. The summed E-state index contributed by atoms with van der Waals surface area (Å²) in [6, 6.07) is 5.12. The van der Waals surface area contributed by atoms with Gasteiger partial charge < -0.3 is 16.0 Å². The number of nitrogens with zero attached hydrogens (tertiary/aromatic N) is 5. The first-order chi connectivity index (χ1) is 16.1. The van der Waals surface area contributed by atoms with Gasteiger partial charge in [0.15, 0.2) is 5.82 Å². The minimum Gasteiger partial charge on any atom is -0.351 e. The molecule has 0 aliphatic rings. The lowest BCUT2D eigenvalue weighted by Gasteiger charge is -2.19. The molecular formula is C21H16F4N8O. The highest BCUT2D eigenvalue weighted by atomic mass is 19.4. The summed E-state index contributed by atoms with van der Waals surface area (Å²) in [7, 11) is 0. The van der Waals surface area contributed by atoms with Crippen molar-refractivity contribution in [2.75, 3.05) is 10.6 Å². The fourth-order valence-corrected chi connectivity index (χ4v) is 2.89. The Morgan fingerprint density at radius 1 is 1.18 bits per heavy atom. The number of benzene rings is 1. The molecule has 34 heavy (non-hydrogen) atoms. The number of pyridine rings is 1. The van der Waals surface area contributed by atoms with Crippen molar-refractivity contribution in [1.29, 1.82) is 10.7 Å². The molecule has 0 spiro atoms. The number of anilines is 2. The molecule has 1 amide bonds. The number of rotatable bonds is 6. The van der Waals surface area contributed by atoms with Gasteiger partial charge in [-0.15, -0.1) is 4.80 Å². The van der Waals surface area contributed by atoms with Crippen LogP contribution in [-0.2, 0) is 4.79 Å². The van der Waals surface area contributed by atoms with Crippen molar-refractivity contribution in [3.63, 3.8) is 0 Å². The van der Waals surface area contributed by atoms with Crippen molar-refractivity contribution in [2.45, 2.75) is 20.0 Å². The SMILES string of the molecule is Cc1c(F)ccc(N/C(=C(\C=N)C(=O)Nc2cnc(-n3nccn3)c(C#N)c2)C(F)(F)F)c1C. The number of nitriles is 1. The summed E-state index contributed by atoms with van der Waals surface area (Å²) in [6.45, 7) is 2.82. The molecule has 3 rings (SSSR count). The third kappa shape index (κ3) is 4.90. The third-order valence-corrected chi connectivity index (χ3v) is 4.78. The maximum atomic E-state index is 13.8. The van der Waals surface area contributed by atoms with Gasteiger partial charge in [-0.3, -0.25) is 4.79 Å². The Bertz CT molecular complexity index is 1320. The van der Waals surface area contributed by atoms with Crippen LogP contribution in [0.2, 0.25) is 0 Å². The number of carbonyl (C=O) groups is 1. The van der Waals surface area contributed by atoms with E-state index in [9.17, 15) is 27.6 Å². The lowest BCUT2D eigenvalue weighted by atomic mass is 10.1. The number of nitrogens with one attached hydrogen (secondary N) is 3. The second-order valence-corrected chi connectivity index (χ2v) is 6.88. The molecule has 1 aromatic carbocycles. The number of amides is 1. The summed E-state index contributed by atoms with van der Waals surface area (Å²) >= 11 is 0. The fraction of sp³-hybridized carbons (Fsp3) is 0.143. The highest BCUT2D eigenvalue weighted by Gasteiger charge is 2.38. The van der Waals surface area contributed by atoms with Gasteiger partial charge in [0.05, 0.1) is 29.9 Å². The molecule has 0 saturated carbocycles. The number of allylic oxidation sites excluding steroid dienone is 1. The topological polar surface area (TPSA) is 132 Å². The van der Waals surface area contributed by atoms with Crippen molar-refractivity contribution in [2.24, 2.45) is 0 Å². The monoisotopic (exact) mass is 472 g/mol. The fourth-order valence-electron chi connectivity index (χ4n) is 2.89. The summed E-state index contributed by atoms with van der Waals surface area (Å²) in [4.78, 5) is 17.7. The first-order valence-corrected chi connectivity index (χ1v) is 9.49. The van der Waals surface area contributed by atoms with Crippen LogP contribution in [0.1, 0.15) is 16.7 Å². The van der Waals surface area contributed by atoms with E-state index in [0.29, 0.717) is 0 Å². The van der Waals surface area contributed by atoms with Crippen LogP contribution in [0.25, 0.3) is 5.82 Å². The first-order valence-electron chi connectivity index (χ1n) is 9.49. The smallest absolute Gasteiger partial charge is 0.351 e. The number of hydrogen-bond acceptors (Lipinski definition) is 7. The zero-order valence-electron chi connectivity index (χ0n) is 17.7. The molecular weight excluding hydrogens is 456 g/mol. The van der Waals surface area contributed by atoms with Crippen molar-refractivity contribution in [1.82, 2.24) is 20.0 Å². The van der Waals surface area contributed by atoms with Crippen molar-refractivity contribution in [3.8, 4) is 11.9 Å². The average molecular weight is 472 g/mol. The van der Waals surface area contributed by atoms with E-state index in [0.717, 1.165) is 23.1 Å². The standard InChI is InChI=1S/C21H16F4N8O/c1-11-12(2)17(4-3-16(11)22)32-18(21(23,24)25)15(9-27)20(34)31-14-7-13(8-26)19(28-10-14)33-29-5-6-30-33/h3-7,9-10,27,32H,1-2H3,(H,31,34)/b18-15+,27-9?. The van der Waals surface area contributed by atoms with Gasteiger partial charge in [-0.2, -0.15) is 28.6 Å². The van der Waals surface area contributed by atoms with E-state index < -0.39 is 29.2 Å². The van der Waals surface area contributed by atoms with Crippen LogP contribution in [0.5, 0.6) is 0 Å². The summed E-state index contributed by atoms with van der Waals surface area (Å²) < 4.78 is 55.2. The van der Waals surface area contributed by atoms with E-state index in [1.807, 2.05) is 6.07 Å². The number of alkyl halides is 3. The Hall–Kier alpha value is -4.60. The van der Waals surface area contributed by atoms with Gasteiger partial charge in [-0.05, 0) is 43.2 Å². The molecule has 0 fully saturated rings. The predicted molar refractivity (Wildman–Crippen MR) is 114 cm³/mol. The van der Waals surface area contributed by atoms with Gasteiger partial charge in [0, 0.05) is 11.9 Å². The molecule has 3 aromatic rings. The second kappa shape index (κ2) is 9.49. The van der Waals surface area contributed by atoms with Gasteiger partial charge in [-0.25, -0.2) is 9.37 Å². The quantitative estimate of drug-likeness (QED) is 0.284. The average Bonchev–Trinajstić information content (AvgIpc) is 3.32. The molecule has 0 radical (unpaired) electrons. The predicted octanol–water partition coefficient (Wildman–Crippen LogP) is 3.81. The number of halogens is 4. The molecule has 2 aromatic heterocycles. The minimum atomic E-state index is -5.05. The van der Waals surface area contributed by atoms with Crippen molar-refractivity contribution >= 4 is 23.5 Å². The highest BCUT2D eigenvalue weighted by Crippen LogP contribution is 2.32. The lowest BCUT2D eigenvalue weighted by molar-refractivity contribution is -0.114. The van der Waals surface area contributed by atoms with Crippen LogP contribution in [0.4, 0.5) is 28.9 Å². The summed E-state index contributed by atoms with van der Waals surface area (Å²) in [5, 5.41) is 28.8. The molecule has 2 heterocycles. The van der Waals surface area contributed by atoms with Crippen LogP contribution in [0, 0.1) is 36.4 Å². The Balaban J connectivity index is 1.98. The van der Waals surface area contributed by atoms with E-state index in [1.54, 1.807) is 0 Å². The maximum absolute atomic E-state index is 13.8. The summed E-state index contributed by atoms with van der Waals surface area (Å²) in [6.07, 6.45) is -0.985. The normalized spacial score (nSPS) is 11.9. The Labute approximate surface area is 190 Å². The van der Waals surface area contributed by atoms with Gasteiger partial charge in [-0.1, -0.05) is 0 Å². The van der Waals surface area contributed by atoms with Crippen LogP contribution >= 0.6 is 0 Å². The largest absolute Gasteiger partial charge is 0.432 e. The molecule has 0 unspecified atom stereocenters. The maximum Gasteiger partial charge on any atom is 0.432 e. The lowest BCUT2D eigenvalue weighted by Crippen LogP contribution is -2.28. The van der Waals surface area contributed by atoms with Gasteiger partial charge in [0.2, 0.25) is 0 Å². The molecule has 3 N–H and O–H groups in total. The van der Waals surface area contributed by atoms with Crippen molar-refractivity contribution in [3.05, 3.63) is 70.6 Å². The number of carbonyl (C=O) groups excluding carboxylic acids is 1. The van der Waals surface area contributed by atoms with Crippen LogP contribution in [-0.4, -0.2) is 38.3 Å². The zero-order chi connectivity index (χ0) is 25.0. The van der Waals surface area contributed by atoms with Gasteiger partial charge in [0.1, 0.15) is 23.1 Å². The zero-order valence-corrected chi connectivity index (χ0v) is 17.7. The van der Waals surface area contributed by atoms with Crippen LogP contribution < -0.4 is 10.6 Å². The van der Waals surface area contributed by atoms with E-state index >= 15 is 0 Å². The molecule has 0 aliphatic carbocycles. The number of hydrogen-bond donors (Lipinski definition) is 3. The van der Waals surface area contributed by atoms with E-state index in [1.165, 1.54) is 32.3 Å². The molecule has 174 valence electrons. The molecule has 0 bridgehead atoms. The van der Waals surface area contributed by atoms with Crippen LogP contribution in [0.3, 0.4) is 0 Å². The highest BCUT2D eigenvalue weighted by molar-refractivity contribution is 6.18. The summed E-state index contributed by atoms with van der Waals surface area (Å²) in [5.74, 6) is -1.82. The summed E-state index contributed by atoms with van der Waals surface area (Å²) in [5.41, 5.74) is -2.44. The Kier molecular flexibility index (Phi) is 6.71. The van der Waals surface area contributed by atoms with E-state index in [-0.39, 0.29) is 40.1 Å². The second-order valence-electron chi connectivity index (χ2n) is 6.88. The first kappa shape index (κ1) is 24.1. The molecule has 0 aliphatic heterocycles. The van der Waals surface area contributed by atoms with Crippen molar-refractivity contribution < 1.29 is 22.4 Å². The van der Waals surface area contributed by atoms with Gasteiger partial charge >= 0.3 is 6.18 Å². The third-order valence-electron chi connectivity index (χ3n) is 4.78. The molecule has 0 saturated heterocycles. The Morgan fingerprint density at radius 2 is 1.85 bits per heavy atom. The van der Waals surface area contributed by atoms with E-state index in [4.69, 9.17) is 5.41 Å². The van der Waals surface area contributed by atoms with Crippen LogP contribution in [0.15, 0.2) is 48.1 Å². The molecule has 9 nitrogen and oxygen atoms in total.